The van der Waals surface area contributed by atoms with Crippen LogP contribution in [-0.4, -0.2) is 28.7 Å². The summed E-state index contributed by atoms with van der Waals surface area (Å²) >= 11 is 0. The van der Waals surface area contributed by atoms with Gasteiger partial charge in [-0.05, 0) is 84.9 Å². The molecule has 6 heteroatoms. The summed E-state index contributed by atoms with van der Waals surface area (Å²) in [6.07, 6.45) is 5.65. The number of para-hydroxylation sites is 3. The molecular formula is C51H30N6. The molecule has 0 unspecified atom stereocenters. The Hall–Kier alpha value is -7.83. The number of aromatic nitrogens is 6. The Morgan fingerprint density at radius 1 is 0.298 bits per heavy atom. The minimum Gasteiger partial charge on any atom is -0.309 e. The molecule has 0 bridgehead atoms. The van der Waals surface area contributed by atoms with Crippen LogP contribution in [0.15, 0.2) is 182 Å². The lowest BCUT2D eigenvalue weighted by Crippen LogP contribution is -2.03. The number of rotatable bonds is 3. The third kappa shape index (κ3) is 4.16. The van der Waals surface area contributed by atoms with Crippen molar-refractivity contribution in [1.82, 2.24) is 28.7 Å². The topological polar surface area (TPSA) is 53.5 Å². The van der Waals surface area contributed by atoms with Crippen molar-refractivity contribution in [2.75, 3.05) is 0 Å². The smallest absolute Gasteiger partial charge is 0.0802 e. The van der Waals surface area contributed by atoms with Gasteiger partial charge in [0.2, 0.25) is 0 Å². The van der Waals surface area contributed by atoms with Gasteiger partial charge in [0.05, 0.1) is 66.7 Å². The summed E-state index contributed by atoms with van der Waals surface area (Å²) in [6.45, 7) is 0. The van der Waals surface area contributed by atoms with Crippen LogP contribution in [0.1, 0.15) is 0 Å². The van der Waals surface area contributed by atoms with E-state index in [2.05, 4.69) is 159 Å². The molecule has 6 nitrogen and oxygen atoms in total. The average Bonchev–Trinajstić information content (AvgIpc) is 3.92. The van der Waals surface area contributed by atoms with E-state index in [1.807, 2.05) is 36.8 Å². The molecule has 0 aliphatic heterocycles. The first-order chi connectivity index (χ1) is 28.3. The van der Waals surface area contributed by atoms with Crippen LogP contribution in [0, 0.1) is 0 Å². The molecule has 264 valence electrons. The molecule has 13 aromatic rings. The van der Waals surface area contributed by atoms with Crippen LogP contribution >= 0.6 is 0 Å². The van der Waals surface area contributed by atoms with Crippen LogP contribution in [0.5, 0.6) is 0 Å². The molecule has 6 heterocycles. The lowest BCUT2D eigenvalue weighted by atomic mass is 10.1. The van der Waals surface area contributed by atoms with E-state index in [-0.39, 0.29) is 0 Å². The molecule has 6 aromatic heterocycles. The fraction of sp³-hybridized carbons (Fsp3) is 0. The Balaban J connectivity index is 1.21. The van der Waals surface area contributed by atoms with Crippen molar-refractivity contribution in [3.05, 3.63) is 182 Å². The van der Waals surface area contributed by atoms with Crippen molar-refractivity contribution in [1.29, 1.82) is 0 Å². The van der Waals surface area contributed by atoms with Crippen LogP contribution in [0.2, 0.25) is 0 Å². The Morgan fingerprint density at radius 3 is 1.23 bits per heavy atom. The number of nitrogens with zero attached hydrogens (tertiary/aromatic N) is 6. The molecule has 0 saturated carbocycles. The molecule has 7 aromatic carbocycles. The van der Waals surface area contributed by atoms with Gasteiger partial charge in [0, 0.05) is 67.1 Å². The van der Waals surface area contributed by atoms with Crippen molar-refractivity contribution in [3.63, 3.8) is 0 Å². The number of fused-ring (bicyclic) bond motifs is 15. The molecule has 57 heavy (non-hydrogen) atoms. The van der Waals surface area contributed by atoms with Gasteiger partial charge in [-0.25, -0.2) is 0 Å². The molecule has 0 atom stereocenters. The summed E-state index contributed by atoms with van der Waals surface area (Å²) in [4.78, 5) is 14.4. The van der Waals surface area contributed by atoms with Gasteiger partial charge in [-0.1, -0.05) is 78.9 Å². The van der Waals surface area contributed by atoms with E-state index in [9.17, 15) is 0 Å². The normalized spacial score (nSPS) is 12.2. The first-order valence-corrected chi connectivity index (χ1v) is 19.3. The predicted molar refractivity (Wildman–Crippen MR) is 235 cm³/mol. The minimum atomic E-state index is 0.987. The maximum absolute atomic E-state index is 4.94. The Labute approximate surface area is 325 Å². The van der Waals surface area contributed by atoms with Gasteiger partial charge in [-0.3, -0.25) is 15.0 Å². The van der Waals surface area contributed by atoms with Crippen molar-refractivity contribution in [3.8, 4) is 17.1 Å². The third-order valence-electron chi connectivity index (χ3n) is 11.9. The second-order valence-electron chi connectivity index (χ2n) is 14.9. The average molecular weight is 727 g/mol. The van der Waals surface area contributed by atoms with E-state index in [1.54, 1.807) is 0 Å². The monoisotopic (exact) mass is 726 g/mol. The zero-order valence-electron chi connectivity index (χ0n) is 30.5. The maximum Gasteiger partial charge on any atom is 0.0802 e. The van der Waals surface area contributed by atoms with Gasteiger partial charge in [-0.15, -0.1) is 0 Å². The van der Waals surface area contributed by atoms with Crippen LogP contribution in [0.4, 0.5) is 0 Å². The minimum absolute atomic E-state index is 0.987. The summed E-state index contributed by atoms with van der Waals surface area (Å²) < 4.78 is 7.29. The van der Waals surface area contributed by atoms with Gasteiger partial charge in [-0.2, -0.15) is 0 Å². The highest BCUT2D eigenvalue weighted by molar-refractivity contribution is 6.23. The lowest BCUT2D eigenvalue weighted by Gasteiger charge is -2.17. The molecule has 0 radical (unpaired) electrons. The molecule has 0 N–H and O–H groups in total. The summed E-state index contributed by atoms with van der Waals surface area (Å²) in [5, 5.41) is 10.5. The largest absolute Gasteiger partial charge is 0.309 e. The molecule has 0 aliphatic carbocycles. The van der Waals surface area contributed by atoms with Crippen LogP contribution < -0.4 is 0 Å². The highest BCUT2D eigenvalue weighted by Gasteiger charge is 2.22. The molecule has 13 rings (SSSR count). The third-order valence-corrected chi connectivity index (χ3v) is 11.9. The zero-order chi connectivity index (χ0) is 37.2. The summed E-state index contributed by atoms with van der Waals surface area (Å²) in [5.41, 5.74) is 13.0. The SMILES string of the molecule is c1cnc2c(c1)ccc1c2c2ccccc2n1-c1cc(-n2c3ccccc3c3c4cccnc4ccc32)cc(-n2c3ccccc3c3c4cccnc4ccc32)c1. The molecule has 0 aliphatic rings. The van der Waals surface area contributed by atoms with Gasteiger partial charge >= 0.3 is 0 Å². The summed E-state index contributed by atoms with van der Waals surface area (Å²) in [6, 6.07) is 59.1. The number of hydrogen-bond acceptors (Lipinski definition) is 3. The predicted octanol–water partition coefficient (Wildman–Crippen LogP) is 12.6. The van der Waals surface area contributed by atoms with E-state index in [0.717, 1.165) is 88.3 Å². The Morgan fingerprint density at radius 2 is 0.702 bits per heavy atom. The highest BCUT2D eigenvalue weighted by Crippen LogP contribution is 2.42. The number of pyridine rings is 3. The van der Waals surface area contributed by atoms with E-state index < -0.39 is 0 Å². The summed E-state index contributed by atoms with van der Waals surface area (Å²) in [7, 11) is 0. The van der Waals surface area contributed by atoms with E-state index >= 15 is 0 Å². The van der Waals surface area contributed by atoms with Crippen LogP contribution in [-0.2, 0) is 0 Å². The Bertz CT molecular complexity index is 3420. The quantitative estimate of drug-likeness (QED) is 0.182. The second-order valence-corrected chi connectivity index (χ2v) is 14.9. The molecular weight excluding hydrogens is 697 g/mol. The van der Waals surface area contributed by atoms with Crippen LogP contribution in [0.25, 0.3) is 115 Å². The van der Waals surface area contributed by atoms with Gasteiger partial charge in [0.1, 0.15) is 0 Å². The Kier molecular flexibility index (Phi) is 6.07. The van der Waals surface area contributed by atoms with Gasteiger partial charge in [0.15, 0.2) is 0 Å². The molecule has 0 saturated heterocycles. The fourth-order valence-corrected chi connectivity index (χ4v) is 9.64. The first kappa shape index (κ1) is 30.5. The second kappa shape index (κ2) is 11.4. The zero-order valence-corrected chi connectivity index (χ0v) is 30.5. The molecule has 0 spiro atoms. The van der Waals surface area contributed by atoms with Crippen LogP contribution in [0.3, 0.4) is 0 Å². The molecule has 0 fully saturated rings. The summed E-state index contributed by atoms with van der Waals surface area (Å²) in [5.74, 6) is 0. The standard InChI is InChI=1S/C51H30N6/c1-4-16-42-37(11-1)48-35-14-8-25-52-40(35)20-23-45(48)55(42)32-28-33(56-43-17-5-2-12-38(43)49-36-15-9-26-53-41(36)21-24-46(49)56)30-34(29-32)57-44-18-6-3-13-39(44)50-47(57)22-19-31-10-7-27-54-51(31)50/h1-30H. The van der Waals surface area contributed by atoms with Gasteiger partial charge in [0.25, 0.3) is 0 Å². The van der Waals surface area contributed by atoms with Gasteiger partial charge < -0.3 is 13.7 Å². The highest BCUT2D eigenvalue weighted by atomic mass is 15.0. The lowest BCUT2D eigenvalue weighted by molar-refractivity contribution is 1.10. The van der Waals surface area contributed by atoms with E-state index in [4.69, 9.17) is 15.0 Å². The number of benzene rings is 7. The number of hydrogen-bond donors (Lipinski definition) is 0. The molecule has 0 amide bonds. The van der Waals surface area contributed by atoms with Crippen molar-refractivity contribution in [2.45, 2.75) is 0 Å². The fourth-order valence-electron chi connectivity index (χ4n) is 9.64. The van der Waals surface area contributed by atoms with Crippen molar-refractivity contribution in [2.24, 2.45) is 0 Å². The van der Waals surface area contributed by atoms with E-state index in [1.165, 1.54) is 26.9 Å². The van der Waals surface area contributed by atoms with Crippen molar-refractivity contribution < 1.29 is 0 Å². The first-order valence-electron chi connectivity index (χ1n) is 19.3. The maximum atomic E-state index is 4.94. The van der Waals surface area contributed by atoms with Crippen molar-refractivity contribution >= 4 is 98.1 Å². The van der Waals surface area contributed by atoms with E-state index in [0.29, 0.717) is 0 Å².